The number of likely N-dealkylation sites (tertiary alicyclic amines) is 1. The third-order valence-electron chi connectivity index (χ3n) is 3.77. The number of hydrogen-bond donors (Lipinski definition) is 1. The van der Waals surface area contributed by atoms with Gasteiger partial charge < -0.3 is 10.6 Å². The molecular formula is C12H20N2O2. The summed E-state index contributed by atoms with van der Waals surface area (Å²) in [6, 6.07) is 0. The molecule has 1 heterocycles. The molecule has 1 aliphatic carbocycles. The SMILES string of the molecule is NC[C@@H]1CCC[C@H](CN2CC(=O)CC2=O)C1. The van der Waals surface area contributed by atoms with Gasteiger partial charge >= 0.3 is 0 Å². The van der Waals surface area contributed by atoms with Crippen molar-refractivity contribution in [3.05, 3.63) is 0 Å². The van der Waals surface area contributed by atoms with Crippen LogP contribution in [0.25, 0.3) is 0 Å². The van der Waals surface area contributed by atoms with E-state index in [2.05, 4.69) is 0 Å². The lowest BCUT2D eigenvalue weighted by atomic mass is 9.81. The van der Waals surface area contributed by atoms with E-state index in [1.165, 1.54) is 19.3 Å². The van der Waals surface area contributed by atoms with Gasteiger partial charge in [-0.15, -0.1) is 0 Å². The van der Waals surface area contributed by atoms with Gasteiger partial charge in [0.1, 0.15) is 0 Å². The van der Waals surface area contributed by atoms with E-state index in [4.69, 9.17) is 5.73 Å². The number of rotatable bonds is 3. The van der Waals surface area contributed by atoms with Crippen molar-refractivity contribution < 1.29 is 9.59 Å². The lowest BCUT2D eigenvalue weighted by Gasteiger charge is -2.30. The van der Waals surface area contributed by atoms with Crippen LogP contribution < -0.4 is 5.73 Å². The van der Waals surface area contributed by atoms with Crippen LogP contribution in [0, 0.1) is 11.8 Å². The molecule has 0 radical (unpaired) electrons. The van der Waals surface area contributed by atoms with E-state index in [0.717, 1.165) is 19.5 Å². The van der Waals surface area contributed by atoms with E-state index in [0.29, 0.717) is 18.4 Å². The molecule has 1 amide bonds. The van der Waals surface area contributed by atoms with Crippen molar-refractivity contribution in [2.45, 2.75) is 32.1 Å². The quantitative estimate of drug-likeness (QED) is 0.712. The van der Waals surface area contributed by atoms with Crippen molar-refractivity contribution in [2.75, 3.05) is 19.6 Å². The second-order valence-corrected chi connectivity index (χ2v) is 5.12. The first-order valence-electron chi connectivity index (χ1n) is 6.18. The Morgan fingerprint density at radius 1 is 1.25 bits per heavy atom. The first-order valence-corrected chi connectivity index (χ1v) is 6.18. The number of Topliss-reactive ketones (excluding diaryl/α,β-unsaturated/α-hetero) is 1. The Balaban J connectivity index is 1.85. The molecule has 1 saturated carbocycles. The minimum Gasteiger partial charge on any atom is -0.335 e. The normalized spacial score (nSPS) is 31.2. The largest absolute Gasteiger partial charge is 0.335 e. The zero-order valence-corrected chi connectivity index (χ0v) is 9.65. The maximum absolute atomic E-state index is 11.5. The van der Waals surface area contributed by atoms with Crippen molar-refractivity contribution in [1.29, 1.82) is 0 Å². The molecule has 4 heteroatoms. The average molecular weight is 224 g/mol. The van der Waals surface area contributed by atoms with Crippen molar-refractivity contribution in [2.24, 2.45) is 17.6 Å². The molecule has 2 rings (SSSR count). The van der Waals surface area contributed by atoms with Gasteiger partial charge in [-0.05, 0) is 37.6 Å². The van der Waals surface area contributed by atoms with Crippen molar-refractivity contribution in [1.82, 2.24) is 4.90 Å². The Labute approximate surface area is 96.2 Å². The fourth-order valence-corrected chi connectivity index (χ4v) is 2.90. The van der Waals surface area contributed by atoms with Gasteiger partial charge in [-0.25, -0.2) is 0 Å². The second kappa shape index (κ2) is 4.95. The summed E-state index contributed by atoms with van der Waals surface area (Å²) in [4.78, 5) is 24.4. The van der Waals surface area contributed by atoms with Gasteiger partial charge in [0, 0.05) is 6.54 Å². The number of carbonyl (C=O) groups excluding carboxylic acids is 2. The highest BCUT2D eigenvalue weighted by molar-refractivity contribution is 6.05. The highest BCUT2D eigenvalue weighted by atomic mass is 16.2. The summed E-state index contributed by atoms with van der Waals surface area (Å²) in [6.45, 7) is 1.85. The topological polar surface area (TPSA) is 63.4 Å². The van der Waals surface area contributed by atoms with Crippen LogP contribution in [0.1, 0.15) is 32.1 Å². The van der Waals surface area contributed by atoms with Gasteiger partial charge in [-0.1, -0.05) is 6.42 Å². The third kappa shape index (κ3) is 2.61. The summed E-state index contributed by atoms with van der Waals surface area (Å²) in [5.41, 5.74) is 5.69. The van der Waals surface area contributed by atoms with Crippen LogP contribution >= 0.6 is 0 Å². The second-order valence-electron chi connectivity index (χ2n) is 5.12. The van der Waals surface area contributed by atoms with E-state index in [1.807, 2.05) is 0 Å². The van der Waals surface area contributed by atoms with Crippen LogP contribution in [-0.2, 0) is 9.59 Å². The molecule has 0 aromatic rings. The molecule has 16 heavy (non-hydrogen) atoms. The van der Waals surface area contributed by atoms with Crippen LogP contribution in [0.3, 0.4) is 0 Å². The molecule has 90 valence electrons. The van der Waals surface area contributed by atoms with Gasteiger partial charge in [0.25, 0.3) is 0 Å². The lowest BCUT2D eigenvalue weighted by Crippen LogP contribution is -2.34. The standard InChI is InChI=1S/C12H20N2O2/c13-6-9-2-1-3-10(4-9)7-14-8-11(15)5-12(14)16/h9-10H,1-8,13H2/t9-,10+/m1/s1. The Hall–Kier alpha value is -0.900. The fraction of sp³-hybridized carbons (Fsp3) is 0.833. The molecule has 2 atom stereocenters. The summed E-state index contributed by atoms with van der Waals surface area (Å²) in [5, 5.41) is 0. The molecular weight excluding hydrogens is 204 g/mol. The maximum Gasteiger partial charge on any atom is 0.230 e. The molecule has 2 aliphatic rings. The van der Waals surface area contributed by atoms with Crippen LogP contribution in [0.15, 0.2) is 0 Å². The van der Waals surface area contributed by atoms with E-state index >= 15 is 0 Å². The Morgan fingerprint density at radius 3 is 2.62 bits per heavy atom. The Morgan fingerprint density at radius 2 is 2.00 bits per heavy atom. The molecule has 4 nitrogen and oxygen atoms in total. The van der Waals surface area contributed by atoms with Gasteiger partial charge in [-0.2, -0.15) is 0 Å². The first-order chi connectivity index (χ1) is 7.69. The summed E-state index contributed by atoms with van der Waals surface area (Å²) in [5.74, 6) is 1.25. The predicted molar refractivity (Wildman–Crippen MR) is 60.7 cm³/mol. The highest BCUT2D eigenvalue weighted by Crippen LogP contribution is 2.29. The highest BCUT2D eigenvalue weighted by Gasteiger charge is 2.30. The molecule has 0 aromatic heterocycles. The van der Waals surface area contributed by atoms with Crippen LogP contribution in [0.2, 0.25) is 0 Å². The zero-order chi connectivity index (χ0) is 11.5. The summed E-state index contributed by atoms with van der Waals surface area (Å²) >= 11 is 0. The van der Waals surface area contributed by atoms with E-state index in [1.54, 1.807) is 4.90 Å². The van der Waals surface area contributed by atoms with Crippen molar-refractivity contribution in [3.63, 3.8) is 0 Å². The van der Waals surface area contributed by atoms with Gasteiger partial charge in [0.15, 0.2) is 5.78 Å². The smallest absolute Gasteiger partial charge is 0.230 e. The maximum atomic E-state index is 11.5. The van der Waals surface area contributed by atoms with E-state index in [9.17, 15) is 9.59 Å². The predicted octanol–water partition coefficient (Wildman–Crippen LogP) is 0.553. The van der Waals surface area contributed by atoms with Crippen LogP contribution in [0.5, 0.6) is 0 Å². The number of nitrogens with zero attached hydrogens (tertiary/aromatic N) is 1. The molecule has 1 saturated heterocycles. The molecule has 0 bridgehead atoms. The fourth-order valence-electron chi connectivity index (χ4n) is 2.90. The molecule has 2 N–H and O–H groups in total. The first kappa shape index (κ1) is 11.6. The number of nitrogens with two attached hydrogens (primary N) is 1. The van der Waals surface area contributed by atoms with Gasteiger partial charge in [0.2, 0.25) is 5.91 Å². The average Bonchev–Trinajstić information content (AvgIpc) is 2.58. The molecule has 0 spiro atoms. The molecule has 0 aromatic carbocycles. The number of hydrogen-bond acceptors (Lipinski definition) is 3. The van der Waals surface area contributed by atoms with Crippen molar-refractivity contribution in [3.8, 4) is 0 Å². The van der Waals surface area contributed by atoms with Crippen LogP contribution in [0.4, 0.5) is 0 Å². The third-order valence-corrected chi connectivity index (χ3v) is 3.77. The van der Waals surface area contributed by atoms with Gasteiger partial charge in [0.05, 0.1) is 13.0 Å². The lowest BCUT2D eigenvalue weighted by molar-refractivity contribution is -0.128. The Bertz CT molecular complexity index is 291. The minimum atomic E-state index is 0.0138. The summed E-state index contributed by atoms with van der Waals surface area (Å²) < 4.78 is 0. The minimum absolute atomic E-state index is 0.0138. The summed E-state index contributed by atoms with van der Waals surface area (Å²) in [7, 11) is 0. The Kier molecular flexibility index (Phi) is 3.59. The van der Waals surface area contributed by atoms with E-state index < -0.39 is 0 Å². The number of carbonyl (C=O) groups is 2. The molecule has 0 unspecified atom stereocenters. The van der Waals surface area contributed by atoms with E-state index in [-0.39, 0.29) is 18.1 Å². The number of ketones is 1. The zero-order valence-electron chi connectivity index (χ0n) is 9.65. The van der Waals surface area contributed by atoms with Crippen molar-refractivity contribution >= 4 is 11.7 Å². The van der Waals surface area contributed by atoms with Gasteiger partial charge in [-0.3, -0.25) is 9.59 Å². The van der Waals surface area contributed by atoms with Crippen LogP contribution in [-0.4, -0.2) is 36.2 Å². The molecule has 2 fully saturated rings. The summed E-state index contributed by atoms with van der Waals surface area (Å²) in [6.07, 6.45) is 4.85. The molecule has 1 aliphatic heterocycles. The monoisotopic (exact) mass is 224 g/mol. The number of amides is 1.